The van der Waals surface area contributed by atoms with E-state index >= 15 is 0 Å². The number of pyridine rings is 2. The van der Waals surface area contributed by atoms with Crippen LogP contribution in [0, 0.1) is 6.92 Å². The summed E-state index contributed by atoms with van der Waals surface area (Å²) in [6, 6.07) is 3.33. The van der Waals surface area contributed by atoms with Crippen LogP contribution in [0.25, 0.3) is 16.7 Å². The highest BCUT2D eigenvalue weighted by atomic mass is 35.5. The fraction of sp³-hybridized carbons (Fsp3) is 0.409. The molecule has 1 saturated carbocycles. The molecule has 9 nitrogen and oxygen atoms in total. The number of aromatic nitrogens is 4. The summed E-state index contributed by atoms with van der Waals surface area (Å²) in [6.45, 7) is 4.81. The predicted octanol–water partition coefficient (Wildman–Crippen LogP) is 3.86. The van der Waals surface area contributed by atoms with Crippen molar-refractivity contribution in [2.45, 2.75) is 38.6 Å². The molecule has 2 aliphatic rings. The summed E-state index contributed by atoms with van der Waals surface area (Å²) in [6.07, 6.45) is 2.83. The third-order valence-electron chi connectivity index (χ3n) is 6.27. The van der Waals surface area contributed by atoms with Gasteiger partial charge in [0.2, 0.25) is 0 Å². The molecule has 1 atom stereocenters. The summed E-state index contributed by atoms with van der Waals surface area (Å²) in [5.41, 5.74) is 2.29. The fourth-order valence-corrected chi connectivity index (χ4v) is 4.75. The number of carboxylic acid groups (broad SMARTS) is 1. The summed E-state index contributed by atoms with van der Waals surface area (Å²) >= 11 is 12.6. The summed E-state index contributed by atoms with van der Waals surface area (Å²) < 4.78 is 1.48. The Bertz CT molecular complexity index is 1340. The van der Waals surface area contributed by atoms with E-state index in [1.54, 1.807) is 12.3 Å². The maximum atomic E-state index is 13.5. The van der Waals surface area contributed by atoms with Gasteiger partial charge in [0, 0.05) is 37.8 Å². The van der Waals surface area contributed by atoms with Crippen molar-refractivity contribution in [3.8, 4) is 5.69 Å². The summed E-state index contributed by atoms with van der Waals surface area (Å²) in [5, 5.41) is 10.3. The van der Waals surface area contributed by atoms with E-state index in [0.29, 0.717) is 48.1 Å². The number of hydrogen-bond acceptors (Lipinski definition) is 6. The van der Waals surface area contributed by atoms with Crippen LogP contribution in [0.1, 0.15) is 36.9 Å². The molecule has 1 N–H and O–H groups in total. The topological polar surface area (TPSA) is 104 Å². The molecule has 2 fully saturated rings. The lowest BCUT2D eigenvalue weighted by molar-refractivity contribution is 0.136. The molecule has 1 aliphatic heterocycles. The van der Waals surface area contributed by atoms with Crippen molar-refractivity contribution in [2.24, 2.45) is 0 Å². The minimum Gasteiger partial charge on any atom is -0.465 e. The Kier molecular flexibility index (Phi) is 5.41. The van der Waals surface area contributed by atoms with Crippen LogP contribution in [-0.2, 0) is 0 Å². The highest BCUT2D eigenvalue weighted by Crippen LogP contribution is 2.42. The molecule has 1 amide bonds. The van der Waals surface area contributed by atoms with Gasteiger partial charge in [0.15, 0.2) is 5.65 Å². The number of hydrogen-bond donors (Lipinski definition) is 1. The minimum atomic E-state index is -0.967. The molecular formula is C22H22Cl2N6O3. The van der Waals surface area contributed by atoms with Gasteiger partial charge in [0.25, 0.3) is 0 Å². The minimum absolute atomic E-state index is 0.0905. The first-order chi connectivity index (χ1) is 15.8. The van der Waals surface area contributed by atoms with E-state index in [-0.39, 0.29) is 16.2 Å². The number of anilines is 1. The van der Waals surface area contributed by atoms with Gasteiger partial charge in [-0.3, -0.25) is 4.98 Å². The molecule has 3 aromatic rings. The number of piperazine rings is 1. The van der Waals surface area contributed by atoms with Gasteiger partial charge in [-0.1, -0.05) is 23.2 Å². The van der Waals surface area contributed by atoms with E-state index in [1.165, 1.54) is 9.47 Å². The van der Waals surface area contributed by atoms with Gasteiger partial charge in [0.1, 0.15) is 11.0 Å². The van der Waals surface area contributed by atoms with Crippen molar-refractivity contribution in [3.05, 3.63) is 50.2 Å². The van der Waals surface area contributed by atoms with Crippen molar-refractivity contribution in [2.75, 3.05) is 24.5 Å². The molecule has 1 saturated heterocycles. The lowest BCUT2D eigenvalue weighted by Crippen LogP contribution is -2.54. The zero-order valence-electron chi connectivity index (χ0n) is 18.1. The van der Waals surface area contributed by atoms with Crippen molar-refractivity contribution in [1.82, 2.24) is 24.4 Å². The number of amides is 1. The van der Waals surface area contributed by atoms with Crippen LogP contribution in [0.4, 0.5) is 10.6 Å². The molecule has 11 heteroatoms. The van der Waals surface area contributed by atoms with Crippen molar-refractivity contribution in [3.63, 3.8) is 0 Å². The maximum Gasteiger partial charge on any atom is 0.407 e. The van der Waals surface area contributed by atoms with Crippen LogP contribution in [-0.4, -0.2) is 61.3 Å². The number of nitrogens with zero attached hydrogens (tertiary/aromatic N) is 6. The van der Waals surface area contributed by atoms with Crippen LogP contribution in [0.2, 0.25) is 10.2 Å². The van der Waals surface area contributed by atoms with Gasteiger partial charge >= 0.3 is 11.8 Å². The normalized spacial score (nSPS) is 18.7. The highest BCUT2D eigenvalue weighted by molar-refractivity contribution is 6.41. The number of aryl methyl sites for hydroxylation is 1. The Morgan fingerprint density at radius 2 is 1.97 bits per heavy atom. The van der Waals surface area contributed by atoms with Crippen LogP contribution < -0.4 is 10.6 Å². The van der Waals surface area contributed by atoms with Gasteiger partial charge in [0.05, 0.1) is 21.8 Å². The second kappa shape index (κ2) is 8.14. The van der Waals surface area contributed by atoms with Gasteiger partial charge in [-0.2, -0.15) is 4.98 Å². The molecule has 172 valence electrons. The fourth-order valence-electron chi connectivity index (χ4n) is 4.47. The molecule has 4 heterocycles. The van der Waals surface area contributed by atoms with Crippen molar-refractivity contribution in [1.29, 1.82) is 0 Å². The average Bonchev–Trinajstić information content (AvgIpc) is 3.60. The molecule has 0 bridgehead atoms. The Hall–Kier alpha value is -2.91. The first-order valence-corrected chi connectivity index (χ1v) is 11.5. The summed E-state index contributed by atoms with van der Waals surface area (Å²) in [4.78, 5) is 41.7. The molecule has 5 rings (SSSR count). The molecular weight excluding hydrogens is 467 g/mol. The van der Waals surface area contributed by atoms with E-state index in [4.69, 9.17) is 23.2 Å². The average molecular weight is 489 g/mol. The van der Waals surface area contributed by atoms with E-state index in [9.17, 15) is 14.7 Å². The predicted molar refractivity (Wildman–Crippen MR) is 126 cm³/mol. The molecule has 0 spiro atoms. The van der Waals surface area contributed by atoms with Gasteiger partial charge < -0.3 is 14.9 Å². The highest BCUT2D eigenvalue weighted by Gasteiger charge is 2.32. The third kappa shape index (κ3) is 3.79. The molecule has 0 radical (unpaired) electrons. The quantitative estimate of drug-likeness (QED) is 0.558. The van der Waals surface area contributed by atoms with E-state index in [0.717, 1.165) is 24.1 Å². The van der Waals surface area contributed by atoms with E-state index in [2.05, 4.69) is 15.0 Å². The first-order valence-electron chi connectivity index (χ1n) is 10.8. The van der Waals surface area contributed by atoms with Crippen LogP contribution in [0.3, 0.4) is 0 Å². The van der Waals surface area contributed by atoms with Gasteiger partial charge in [-0.15, -0.1) is 0 Å². The molecule has 3 aromatic heterocycles. The lowest BCUT2D eigenvalue weighted by Gasteiger charge is -2.39. The zero-order valence-corrected chi connectivity index (χ0v) is 19.6. The maximum absolute atomic E-state index is 13.5. The second-order valence-electron chi connectivity index (χ2n) is 8.59. The smallest absolute Gasteiger partial charge is 0.407 e. The first kappa shape index (κ1) is 21.9. The number of fused-ring (bicyclic) bond motifs is 1. The Balaban J connectivity index is 1.74. The van der Waals surface area contributed by atoms with Crippen LogP contribution >= 0.6 is 23.2 Å². The number of rotatable bonds is 3. The summed E-state index contributed by atoms with van der Waals surface area (Å²) in [5.74, 6) is 0.720. The van der Waals surface area contributed by atoms with Crippen molar-refractivity contribution < 1.29 is 9.90 Å². The largest absolute Gasteiger partial charge is 0.465 e. The molecule has 0 aromatic carbocycles. The third-order valence-corrected chi connectivity index (χ3v) is 6.94. The Labute approximate surface area is 199 Å². The standard InChI is InChI=1S/C22H22Cl2N6O3/c1-11-5-6-25-16(13-3-4-13)17(11)30-20-14(9-15(23)18(24)26-20)19(27-21(30)31)29-8-7-28(22(32)33)10-12(29)2/h5-6,9,12-13H,3-4,7-8,10H2,1-2H3,(H,32,33). The Morgan fingerprint density at radius 3 is 2.64 bits per heavy atom. The lowest BCUT2D eigenvalue weighted by atomic mass is 10.1. The van der Waals surface area contributed by atoms with Crippen LogP contribution in [0.15, 0.2) is 23.1 Å². The molecule has 1 aliphatic carbocycles. The second-order valence-corrected chi connectivity index (χ2v) is 9.36. The van der Waals surface area contributed by atoms with E-state index in [1.807, 2.05) is 24.8 Å². The SMILES string of the molecule is Cc1ccnc(C2CC2)c1-n1c(=O)nc(N2CCN(C(=O)O)CC2C)c2cc(Cl)c(Cl)nc21. The number of halogens is 2. The summed E-state index contributed by atoms with van der Waals surface area (Å²) in [7, 11) is 0. The zero-order chi connectivity index (χ0) is 23.4. The number of carbonyl (C=O) groups is 1. The molecule has 33 heavy (non-hydrogen) atoms. The van der Waals surface area contributed by atoms with E-state index < -0.39 is 11.8 Å². The Morgan fingerprint density at radius 1 is 1.21 bits per heavy atom. The van der Waals surface area contributed by atoms with Gasteiger partial charge in [-0.25, -0.2) is 19.1 Å². The monoisotopic (exact) mass is 488 g/mol. The van der Waals surface area contributed by atoms with Crippen molar-refractivity contribution >= 4 is 46.1 Å². The van der Waals surface area contributed by atoms with Gasteiger partial charge in [-0.05, 0) is 44.4 Å². The molecule has 1 unspecified atom stereocenters. The van der Waals surface area contributed by atoms with Crippen LogP contribution in [0.5, 0.6) is 0 Å².